The van der Waals surface area contributed by atoms with E-state index in [0.29, 0.717) is 0 Å². The molecule has 0 atom stereocenters. The van der Waals surface area contributed by atoms with Crippen molar-refractivity contribution in [2.45, 2.75) is 89.0 Å². The lowest BCUT2D eigenvalue weighted by atomic mass is 9.73. The van der Waals surface area contributed by atoms with Gasteiger partial charge < -0.3 is 0 Å². The van der Waals surface area contributed by atoms with Crippen molar-refractivity contribution in [1.29, 1.82) is 0 Å². The zero-order valence-electron chi connectivity index (χ0n) is 20.0. The Kier molecular flexibility index (Phi) is 8.37. The second-order valence-electron chi connectivity index (χ2n) is 10.4. The highest BCUT2D eigenvalue weighted by Gasteiger charge is 2.31. The van der Waals surface area contributed by atoms with E-state index in [1.165, 1.54) is 63.0 Å². The smallest absolute Gasteiger partial charge is 0.166 e. The number of hydrogen-bond donors (Lipinski definition) is 0. The normalized spacial score (nSPS) is 23.0. The fourth-order valence-electron chi connectivity index (χ4n) is 6.16. The highest BCUT2D eigenvalue weighted by molar-refractivity contribution is 6.58. The maximum absolute atomic E-state index is 12.8. The van der Waals surface area contributed by atoms with E-state index in [0.717, 1.165) is 47.4 Å². The van der Waals surface area contributed by atoms with Crippen LogP contribution in [0.4, 0.5) is 13.2 Å². The van der Waals surface area contributed by atoms with Crippen molar-refractivity contribution in [3.8, 4) is 11.1 Å². The molecule has 2 aliphatic rings. The van der Waals surface area contributed by atoms with Crippen LogP contribution in [0.25, 0.3) is 11.1 Å². The van der Waals surface area contributed by atoms with Crippen LogP contribution in [0, 0.1) is 17.8 Å². The minimum atomic E-state index is -4.28. The van der Waals surface area contributed by atoms with Crippen molar-refractivity contribution < 1.29 is 13.2 Å². The molecule has 4 rings (SSSR count). The zero-order chi connectivity index (χ0) is 23.3. The van der Waals surface area contributed by atoms with E-state index < -0.39 is 11.7 Å². The van der Waals surface area contributed by atoms with Crippen LogP contribution in [-0.4, -0.2) is 8.80 Å². The van der Waals surface area contributed by atoms with Gasteiger partial charge in [0, 0.05) is 8.80 Å². The van der Waals surface area contributed by atoms with E-state index >= 15 is 0 Å². The average Bonchev–Trinajstić information content (AvgIpc) is 2.84. The van der Waals surface area contributed by atoms with Crippen molar-refractivity contribution in [3.63, 3.8) is 0 Å². The van der Waals surface area contributed by atoms with Crippen LogP contribution in [0.1, 0.15) is 69.4 Å². The summed E-state index contributed by atoms with van der Waals surface area (Å²) in [5.41, 5.74) is 2.55. The van der Waals surface area contributed by atoms with Gasteiger partial charge in [-0.25, -0.2) is 0 Å². The van der Waals surface area contributed by atoms with Gasteiger partial charge in [-0.3, -0.25) is 0 Å². The lowest BCUT2D eigenvalue weighted by molar-refractivity contribution is -0.137. The summed E-state index contributed by atoms with van der Waals surface area (Å²) < 4.78 is 38.3. The summed E-state index contributed by atoms with van der Waals surface area (Å²) >= 11 is 0. The van der Waals surface area contributed by atoms with Crippen LogP contribution in [0.15, 0.2) is 48.5 Å². The van der Waals surface area contributed by atoms with Gasteiger partial charge in [0.15, 0.2) is 0 Å². The first kappa shape index (κ1) is 24.6. The van der Waals surface area contributed by atoms with Crippen LogP contribution < -0.4 is 0 Å². The Morgan fingerprint density at radius 1 is 0.758 bits per heavy atom. The van der Waals surface area contributed by atoms with Crippen molar-refractivity contribution in [2.75, 3.05) is 0 Å². The minimum absolute atomic E-state index is 0.00772. The van der Waals surface area contributed by atoms with E-state index in [9.17, 15) is 13.2 Å². The summed E-state index contributed by atoms with van der Waals surface area (Å²) in [5, 5.41) is 0. The largest absolute Gasteiger partial charge is 0.416 e. The molecule has 179 valence electrons. The third-order valence-corrected chi connectivity index (χ3v) is 11.4. The monoisotopic (exact) mass is 471 g/mol. The topological polar surface area (TPSA) is 0 Å². The summed E-state index contributed by atoms with van der Waals surface area (Å²) in [6.45, 7) is 2.35. The average molecular weight is 472 g/mol. The number of alkyl halides is 3. The molecule has 1 aliphatic heterocycles. The summed E-state index contributed by atoms with van der Waals surface area (Å²) in [4.78, 5) is 0. The quantitative estimate of drug-likeness (QED) is 0.353. The van der Waals surface area contributed by atoms with E-state index in [2.05, 4.69) is 19.1 Å². The van der Waals surface area contributed by atoms with Gasteiger partial charge in [-0.05, 0) is 72.3 Å². The molecule has 1 radical (unpaired) electrons. The Bertz CT molecular complexity index is 840. The van der Waals surface area contributed by atoms with Crippen LogP contribution >= 0.6 is 0 Å². The first-order chi connectivity index (χ1) is 15.9. The van der Waals surface area contributed by atoms with Gasteiger partial charge in [0.1, 0.15) is 0 Å². The van der Waals surface area contributed by atoms with E-state index in [1.54, 1.807) is 24.2 Å². The Balaban J connectivity index is 1.20. The van der Waals surface area contributed by atoms with Crippen LogP contribution in [-0.2, 0) is 12.6 Å². The second-order valence-corrected chi connectivity index (χ2v) is 13.4. The number of halogens is 3. The maximum atomic E-state index is 12.8. The number of benzene rings is 2. The highest BCUT2D eigenvalue weighted by atomic mass is 28.3. The fraction of sp³-hybridized carbons (Fsp3) is 0.586. The van der Waals surface area contributed by atoms with Gasteiger partial charge in [-0.15, -0.1) is 0 Å². The molecule has 0 unspecified atom stereocenters. The SMILES string of the molecule is CCC[Si]1CCC(C2CCC(CCc3ccc(-c4ccc(C(F)(F)F)cc4)cc3)CC2)CC1. The minimum Gasteiger partial charge on any atom is -0.166 e. The summed E-state index contributed by atoms with van der Waals surface area (Å²) in [6.07, 6.45) is 8.21. The molecule has 2 fully saturated rings. The van der Waals surface area contributed by atoms with Crippen molar-refractivity contribution in [3.05, 3.63) is 59.7 Å². The van der Waals surface area contributed by atoms with Crippen LogP contribution in [0.3, 0.4) is 0 Å². The lowest BCUT2D eigenvalue weighted by Gasteiger charge is -2.37. The zero-order valence-corrected chi connectivity index (χ0v) is 21.0. The molecule has 0 bridgehead atoms. The molecular weight excluding hydrogens is 433 g/mol. The molecule has 2 aromatic rings. The molecule has 1 heterocycles. The van der Waals surface area contributed by atoms with Crippen LogP contribution in [0.2, 0.25) is 18.1 Å². The standard InChI is InChI=1S/C29H38F3Si/c1-2-19-33-20-17-27(18-21-33)25-11-7-23(8-12-25)4-3-22-5-9-24(10-6-22)26-13-15-28(16-14-26)29(30,31)32/h5-6,9-10,13-16,23,25,27H,2-4,7-8,11-12,17-21H2,1H3. The Labute approximate surface area is 199 Å². The molecule has 0 aromatic heterocycles. The number of aryl methyl sites for hydroxylation is 1. The fourth-order valence-corrected chi connectivity index (χ4v) is 9.17. The molecule has 0 spiro atoms. The summed E-state index contributed by atoms with van der Waals surface area (Å²) in [7, 11) is 0.00772. The molecule has 4 heteroatoms. The molecule has 1 aliphatic carbocycles. The van der Waals surface area contributed by atoms with Crippen LogP contribution in [0.5, 0.6) is 0 Å². The van der Waals surface area contributed by atoms with Gasteiger partial charge in [0.25, 0.3) is 0 Å². The Hall–Kier alpha value is -1.55. The Morgan fingerprint density at radius 3 is 1.85 bits per heavy atom. The molecule has 0 nitrogen and oxygen atoms in total. The molecule has 1 saturated carbocycles. The van der Waals surface area contributed by atoms with Gasteiger partial charge >= 0.3 is 6.18 Å². The summed E-state index contributed by atoms with van der Waals surface area (Å²) in [6, 6.07) is 18.5. The predicted molar refractivity (Wildman–Crippen MR) is 134 cm³/mol. The molecule has 0 N–H and O–H groups in total. The lowest BCUT2D eigenvalue weighted by Crippen LogP contribution is -2.28. The summed E-state index contributed by atoms with van der Waals surface area (Å²) in [5.74, 6) is 2.88. The van der Waals surface area contributed by atoms with Gasteiger partial charge in [-0.2, -0.15) is 13.2 Å². The van der Waals surface area contributed by atoms with Gasteiger partial charge in [0.05, 0.1) is 5.56 Å². The van der Waals surface area contributed by atoms with Crippen molar-refractivity contribution >= 4 is 8.80 Å². The van der Waals surface area contributed by atoms with E-state index in [-0.39, 0.29) is 8.80 Å². The molecule has 1 saturated heterocycles. The molecule has 33 heavy (non-hydrogen) atoms. The van der Waals surface area contributed by atoms with E-state index in [4.69, 9.17) is 0 Å². The highest BCUT2D eigenvalue weighted by Crippen LogP contribution is 2.42. The van der Waals surface area contributed by atoms with E-state index in [1.807, 2.05) is 12.1 Å². The Morgan fingerprint density at radius 2 is 1.30 bits per heavy atom. The third kappa shape index (κ3) is 6.74. The predicted octanol–water partition coefficient (Wildman–Crippen LogP) is 9.43. The van der Waals surface area contributed by atoms with Crippen molar-refractivity contribution in [1.82, 2.24) is 0 Å². The number of rotatable bonds is 7. The maximum Gasteiger partial charge on any atom is 0.416 e. The second kappa shape index (κ2) is 11.2. The van der Waals surface area contributed by atoms with Gasteiger partial charge in [0.2, 0.25) is 0 Å². The third-order valence-electron chi connectivity index (χ3n) is 8.24. The van der Waals surface area contributed by atoms with Gasteiger partial charge in [-0.1, -0.05) is 93.6 Å². The number of hydrogen-bond acceptors (Lipinski definition) is 0. The molecular formula is C29H38F3Si. The molecule has 0 amide bonds. The first-order valence-corrected chi connectivity index (χ1v) is 15.1. The van der Waals surface area contributed by atoms with Crippen molar-refractivity contribution in [2.24, 2.45) is 17.8 Å². The first-order valence-electron chi connectivity index (χ1n) is 13.0. The molecule has 2 aromatic carbocycles.